The van der Waals surface area contributed by atoms with E-state index in [1.807, 2.05) is 0 Å². The molecule has 0 bridgehead atoms. The lowest BCUT2D eigenvalue weighted by Crippen LogP contribution is -2.46. The van der Waals surface area contributed by atoms with Crippen molar-refractivity contribution in [3.63, 3.8) is 0 Å². The van der Waals surface area contributed by atoms with E-state index in [0.717, 1.165) is 56.0 Å². The van der Waals surface area contributed by atoms with Gasteiger partial charge in [0, 0.05) is 25.2 Å². The quantitative estimate of drug-likeness (QED) is 0.460. The third-order valence-electron chi connectivity index (χ3n) is 7.01. The van der Waals surface area contributed by atoms with Gasteiger partial charge in [0.1, 0.15) is 18.1 Å². The second-order valence-corrected chi connectivity index (χ2v) is 10.5. The van der Waals surface area contributed by atoms with Crippen LogP contribution >= 0.6 is 0 Å². The average molecular weight is 464 g/mol. The largest absolute Gasteiger partial charge is 0.496 e. The minimum Gasteiger partial charge on any atom is -0.496 e. The summed E-state index contributed by atoms with van der Waals surface area (Å²) in [5.74, 6) is 2.46. The number of methoxy groups -OCH3 is 1. The smallest absolute Gasteiger partial charge is 0.125 e. The summed E-state index contributed by atoms with van der Waals surface area (Å²) in [6.07, 6.45) is 3.87. The Kier molecular flexibility index (Phi) is 8.00. The third-order valence-corrected chi connectivity index (χ3v) is 7.01. The fraction of sp³-hybridized carbons (Fsp3) is 0.533. The molecule has 0 saturated carbocycles. The van der Waals surface area contributed by atoms with Gasteiger partial charge in [-0.25, -0.2) is 0 Å². The van der Waals surface area contributed by atoms with Crippen molar-refractivity contribution in [1.29, 1.82) is 0 Å². The van der Waals surface area contributed by atoms with Crippen LogP contribution in [0.5, 0.6) is 11.5 Å². The van der Waals surface area contributed by atoms with Crippen LogP contribution in [0.3, 0.4) is 0 Å². The Labute approximate surface area is 205 Å². The van der Waals surface area contributed by atoms with Gasteiger partial charge in [0.25, 0.3) is 0 Å². The van der Waals surface area contributed by atoms with Crippen LogP contribution in [-0.4, -0.2) is 43.9 Å². The first-order chi connectivity index (χ1) is 16.3. The first kappa shape index (κ1) is 24.8. The fourth-order valence-corrected chi connectivity index (χ4v) is 5.44. The Morgan fingerprint density at radius 1 is 1.03 bits per heavy atom. The lowest BCUT2D eigenvalue weighted by atomic mass is 9.86. The van der Waals surface area contributed by atoms with Crippen molar-refractivity contribution in [2.75, 3.05) is 26.7 Å². The zero-order valence-corrected chi connectivity index (χ0v) is 21.8. The van der Waals surface area contributed by atoms with Crippen LogP contribution in [0, 0.1) is 5.92 Å². The molecule has 1 aliphatic carbocycles. The Morgan fingerprint density at radius 3 is 2.50 bits per heavy atom. The Hall–Kier alpha value is -2.30. The van der Waals surface area contributed by atoms with Crippen LogP contribution in [0.4, 0.5) is 0 Å². The number of fused-ring (bicyclic) bond motifs is 1. The van der Waals surface area contributed by atoms with Crippen LogP contribution in [0.1, 0.15) is 63.3 Å². The number of rotatable bonds is 8. The lowest BCUT2D eigenvalue weighted by molar-refractivity contribution is -0.0654. The van der Waals surface area contributed by atoms with Crippen molar-refractivity contribution in [2.45, 2.75) is 72.7 Å². The molecule has 184 valence electrons. The molecule has 4 nitrogen and oxygen atoms in total. The van der Waals surface area contributed by atoms with Crippen LogP contribution < -0.4 is 9.47 Å². The van der Waals surface area contributed by atoms with E-state index in [4.69, 9.17) is 14.2 Å². The summed E-state index contributed by atoms with van der Waals surface area (Å²) in [5, 5.41) is 0. The van der Waals surface area contributed by atoms with Crippen molar-refractivity contribution >= 4 is 5.57 Å². The molecule has 0 radical (unpaired) electrons. The standard InChI is InChI=1S/C30H41NO3/c1-20(2)13-24-7-8-27(30(14-24)32-6)19-33-28-11-12-29-23(5)26(10-9-25(29)15-28)18-31-16-21(3)34-22(4)17-31/h7-8,11-12,14-15,20-22H,9-10,13,16-19H2,1-6H3. The van der Waals surface area contributed by atoms with Gasteiger partial charge in [0.15, 0.2) is 0 Å². The second kappa shape index (κ2) is 11.0. The molecule has 1 aliphatic heterocycles. The summed E-state index contributed by atoms with van der Waals surface area (Å²) in [4.78, 5) is 2.56. The molecule has 4 rings (SSSR count). The van der Waals surface area contributed by atoms with E-state index in [-0.39, 0.29) is 0 Å². The third kappa shape index (κ3) is 6.03. The van der Waals surface area contributed by atoms with E-state index in [2.05, 4.69) is 75.9 Å². The molecule has 2 atom stereocenters. The number of benzene rings is 2. The van der Waals surface area contributed by atoms with E-state index in [0.29, 0.717) is 24.7 Å². The first-order valence-corrected chi connectivity index (χ1v) is 12.8. The van der Waals surface area contributed by atoms with Crippen molar-refractivity contribution in [3.05, 3.63) is 64.2 Å². The van der Waals surface area contributed by atoms with Crippen LogP contribution in [0.2, 0.25) is 0 Å². The number of morpholine rings is 1. The number of aryl methyl sites for hydroxylation is 1. The van der Waals surface area contributed by atoms with Gasteiger partial charge in [-0.05, 0) is 86.4 Å². The van der Waals surface area contributed by atoms with Crippen LogP contribution in [0.15, 0.2) is 42.0 Å². The van der Waals surface area contributed by atoms with Crippen LogP contribution in [-0.2, 0) is 24.2 Å². The maximum absolute atomic E-state index is 6.21. The Balaban J connectivity index is 1.43. The van der Waals surface area contributed by atoms with Gasteiger partial charge in [-0.1, -0.05) is 37.6 Å². The Bertz CT molecular complexity index is 1020. The van der Waals surface area contributed by atoms with Crippen molar-refractivity contribution < 1.29 is 14.2 Å². The normalized spacial score (nSPS) is 21.0. The van der Waals surface area contributed by atoms with E-state index in [1.165, 1.54) is 22.3 Å². The molecule has 1 heterocycles. The van der Waals surface area contributed by atoms with E-state index in [9.17, 15) is 0 Å². The second-order valence-electron chi connectivity index (χ2n) is 10.5. The molecule has 0 aromatic heterocycles. The minimum atomic E-state index is 0.310. The summed E-state index contributed by atoms with van der Waals surface area (Å²) >= 11 is 0. The molecular formula is C30H41NO3. The van der Waals surface area contributed by atoms with Crippen molar-refractivity contribution in [3.8, 4) is 11.5 Å². The first-order valence-electron chi connectivity index (χ1n) is 12.8. The van der Waals surface area contributed by atoms with E-state index in [1.54, 1.807) is 12.7 Å². The summed E-state index contributed by atoms with van der Waals surface area (Å²) in [6.45, 7) is 14.7. The molecule has 1 fully saturated rings. The van der Waals surface area contributed by atoms with Gasteiger partial charge in [-0.2, -0.15) is 0 Å². The maximum atomic E-state index is 6.21. The molecule has 2 aromatic rings. The number of hydrogen-bond acceptors (Lipinski definition) is 4. The fourth-order valence-electron chi connectivity index (χ4n) is 5.44. The molecule has 4 heteroatoms. The highest BCUT2D eigenvalue weighted by Crippen LogP contribution is 2.34. The maximum Gasteiger partial charge on any atom is 0.125 e. The van der Waals surface area contributed by atoms with Gasteiger partial charge >= 0.3 is 0 Å². The molecule has 2 aliphatic rings. The summed E-state index contributed by atoms with van der Waals surface area (Å²) in [6, 6.07) is 13.1. The molecular weight excluding hydrogens is 422 g/mol. The van der Waals surface area contributed by atoms with Gasteiger partial charge in [0.2, 0.25) is 0 Å². The number of ether oxygens (including phenoxy) is 3. The molecule has 0 amide bonds. The SMILES string of the molecule is COc1cc(CC(C)C)ccc1COc1ccc2c(c1)CCC(CN1CC(C)OC(C)C1)=C2C. The summed E-state index contributed by atoms with van der Waals surface area (Å²) in [7, 11) is 1.74. The highest BCUT2D eigenvalue weighted by molar-refractivity contribution is 5.72. The minimum absolute atomic E-state index is 0.310. The molecule has 34 heavy (non-hydrogen) atoms. The average Bonchev–Trinajstić information content (AvgIpc) is 2.79. The monoisotopic (exact) mass is 463 g/mol. The summed E-state index contributed by atoms with van der Waals surface area (Å²) < 4.78 is 17.8. The number of nitrogens with zero attached hydrogens (tertiary/aromatic N) is 1. The topological polar surface area (TPSA) is 30.9 Å². The van der Waals surface area contributed by atoms with Crippen molar-refractivity contribution in [1.82, 2.24) is 4.90 Å². The number of hydrogen-bond donors (Lipinski definition) is 0. The van der Waals surface area contributed by atoms with Gasteiger partial charge in [-0.15, -0.1) is 0 Å². The zero-order chi connectivity index (χ0) is 24.2. The lowest BCUT2D eigenvalue weighted by Gasteiger charge is -2.36. The Morgan fingerprint density at radius 2 is 1.79 bits per heavy atom. The zero-order valence-electron chi connectivity index (χ0n) is 21.8. The molecule has 0 N–H and O–H groups in total. The van der Waals surface area contributed by atoms with Crippen molar-refractivity contribution in [2.24, 2.45) is 5.92 Å². The molecule has 2 aromatic carbocycles. The highest BCUT2D eigenvalue weighted by atomic mass is 16.5. The molecule has 2 unspecified atom stereocenters. The molecule has 1 saturated heterocycles. The summed E-state index contributed by atoms with van der Waals surface area (Å²) in [5.41, 5.74) is 8.15. The van der Waals surface area contributed by atoms with Gasteiger partial charge in [0.05, 0.1) is 19.3 Å². The number of allylic oxidation sites excluding steroid dienone is 1. The van der Waals surface area contributed by atoms with Gasteiger partial charge < -0.3 is 14.2 Å². The van der Waals surface area contributed by atoms with Crippen LogP contribution in [0.25, 0.3) is 5.57 Å². The van der Waals surface area contributed by atoms with Gasteiger partial charge in [-0.3, -0.25) is 4.90 Å². The predicted molar refractivity (Wildman–Crippen MR) is 140 cm³/mol. The predicted octanol–water partition coefficient (Wildman–Crippen LogP) is 6.30. The van der Waals surface area contributed by atoms with E-state index < -0.39 is 0 Å². The molecule has 0 spiro atoms. The van der Waals surface area contributed by atoms with E-state index >= 15 is 0 Å². The highest BCUT2D eigenvalue weighted by Gasteiger charge is 2.25.